The SMILES string of the molecule is CC1CCCCN1Cc1ccnc(Cl)n1. The van der Waals surface area contributed by atoms with Gasteiger partial charge in [0.1, 0.15) is 0 Å². The highest BCUT2D eigenvalue weighted by molar-refractivity contribution is 6.28. The first-order valence-corrected chi connectivity index (χ1v) is 5.85. The third kappa shape index (κ3) is 2.89. The number of halogens is 1. The van der Waals surface area contributed by atoms with Crippen molar-refractivity contribution in [3.63, 3.8) is 0 Å². The topological polar surface area (TPSA) is 29.0 Å². The second kappa shape index (κ2) is 4.90. The lowest BCUT2D eigenvalue weighted by Gasteiger charge is -2.32. The van der Waals surface area contributed by atoms with Crippen LogP contribution in [0, 0.1) is 0 Å². The number of nitrogens with zero attached hydrogens (tertiary/aromatic N) is 3. The summed E-state index contributed by atoms with van der Waals surface area (Å²) in [6.07, 6.45) is 5.66. The van der Waals surface area contributed by atoms with Crippen LogP contribution >= 0.6 is 11.6 Å². The molecule has 1 saturated heterocycles. The van der Waals surface area contributed by atoms with Crippen LogP contribution in [0.4, 0.5) is 0 Å². The second-order valence-electron chi connectivity index (χ2n) is 4.13. The molecule has 1 atom stereocenters. The van der Waals surface area contributed by atoms with Crippen LogP contribution in [0.15, 0.2) is 12.3 Å². The van der Waals surface area contributed by atoms with Gasteiger partial charge in [-0.25, -0.2) is 9.97 Å². The molecule has 1 unspecified atom stereocenters. The Hall–Kier alpha value is -0.670. The molecule has 15 heavy (non-hydrogen) atoms. The number of piperidine rings is 1. The Morgan fingerprint density at radius 2 is 2.40 bits per heavy atom. The van der Waals surface area contributed by atoms with Gasteiger partial charge >= 0.3 is 0 Å². The smallest absolute Gasteiger partial charge is 0.222 e. The van der Waals surface area contributed by atoms with Crippen LogP contribution in [-0.4, -0.2) is 27.5 Å². The van der Waals surface area contributed by atoms with Gasteiger partial charge in [0.25, 0.3) is 0 Å². The predicted molar refractivity (Wildman–Crippen MR) is 60.8 cm³/mol. The van der Waals surface area contributed by atoms with E-state index in [1.54, 1.807) is 6.20 Å². The van der Waals surface area contributed by atoms with Gasteiger partial charge < -0.3 is 0 Å². The molecule has 2 rings (SSSR count). The number of hydrogen-bond acceptors (Lipinski definition) is 3. The van der Waals surface area contributed by atoms with E-state index in [9.17, 15) is 0 Å². The first-order chi connectivity index (χ1) is 7.25. The van der Waals surface area contributed by atoms with Crippen LogP contribution in [0.5, 0.6) is 0 Å². The summed E-state index contributed by atoms with van der Waals surface area (Å²) in [4.78, 5) is 10.6. The van der Waals surface area contributed by atoms with E-state index in [1.807, 2.05) is 6.07 Å². The molecule has 0 bridgehead atoms. The van der Waals surface area contributed by atoms with Gasteiger partial charge in [0.2, 0.25) is 5.28 Å². The minimum absolute atomic E-state index is 0.345. The summed E-state index contributed by atoms with van der Waals surface area (Å²) in [6, 6.07) is 2.60. The van der Waals surface area contributed by atoms with Crippen LogP contribution in [0.2, 0.25) is 5.28 Å². The molecule has 1 aliphatic heterocycles. The zero-order valence-electron chi connectivity index (χ0n) is 8.99. The molecule has 3 nitrogen and oxygen atoms in total. The zero-order chi connectivity index (χ0) is 10.7. The maximum atomic E-state index is 5.76. The normalized spacial score (nSPS) is 22.9. The molecule has 0 aromatic carbocycles. The van der Waals surface area contributed by atoms with E-state index in [4.69, 9.17) is 11.6 Å². The Morgan fingerprint density at radius 3 is 3.13 bits per heavy atom. The molecular formula is C11H16ClN3. The van der Waals surface area contributed by atoms with Crippen LogP contribution < -0.4 is 0 Å². The minimum atomic E-state index is 0.345. The van der Waals surface area contributed by atoms with Crippen molar-refractivity contribution in [2.45, 2.75) is 38.8 Å². The summed E-state index contributed by atoms with van der Waals surface area (Å²) in [6.45, 7) is 4.34. The van der Waals surface area contributed by atoms with Gasteiger partial charge in [0, 0.05) is 18.8 Å². The van der Waals surface area contributed by atoms with E-state index in [-0.39, 0.29) is 0 Å². The Kier molecular flexibility index (Phi) is 3.54. The van der Waals surface area contributed by atoms with Crippen molar-refractivity contribution in [3.8, 4) is 0 Å². The fourth-order valence-electron chi connectivity index (χ4n) is 2.06. The summed E-state index contributed by atoms with van der Waals surface area (Å²) in [5.74, 6) is 0. The van der Waals surface area contributed by atoms with E-state index in [1.165, 1.54) is 25.8 Å². The molecule has 0 radical (unpaired) electrons. The van der Waals surface area contributed by atoms with Crippen molar-refractivity contribution in [1.82, 2.24) is 14.9 Å². The average Bonchev–Trinajstić information content (AvgIpc) is 2.22. The lowest BCUT2D eigenvalue weighted by Crippen LogP contribution is -2.36. The molecule has 0 spiro atoms. The first kappa shape index (κ1) is 10.8. The standard InChI is InChI=1S/C11H16ClN3/c1-9-4-2-3-7-15(9)8-10-5-6-13-11(12)14-10/h5-6,9H,2-4,7-8H2,1H3. The lowest BCUT2D eigenvalue weighted by atomic mass is 10.0. The molecule has 0 aliphatic carbocycles. The van der Waals surface area contributed by atoms with Gasteiger partial charge in [-0.1, -0.05) is 6.42 Å². The van der Waals surface area contributed by atoms with Gasteiger partial charge in [0.15, 0.2) is 0 Å². The third-order valence-electron chi connectivity index (χ3n) is 2.99. The highest BCUT2D eigenvalue weighted by atomic mass is 35.5. The predicted octanol–water partition coefficient (Wildman–Crippen LogP) is 2.50. The molecule has 4 heteroatoms. The molecular weight excluding hydrogens is 210 g/mol. The Morgan fingerprint density at radius 1 is 1.53 bits per heavy atom. The average molecular weight is 226 g/mol. The number of rotatable bonds is 2. The van der Waals surface area contributed by atoms with E-state index in [0.717, 1.165) is 12.2 Å². The Bertz CT molecular complexity index is 329. The lowest BCUT2D eigenvalue weighted by molar-refractivity contribution is 0.151. The Balaban J connectivity index is 2.01. The molecule has 1 aromatic rings. The second-order valence-corrected chi connectivity index (χ2v) is 4.47. The van der Waals surface area contributed by atoms with Gasteiger partial charge in [-0.15, -0.1) is 0 Å². The van der Waals surface area contributed by atoms with Crippen molar-refractivity contribution in [2.24, 2.45) is 0 Å². The Labute approximate surface area is 95.5 Å². The van der Waals surface area contributed by atoms with Crippen molar-refractivity contribution >= 4 is 11.6 Å². The molecule has 0 amide bonds. The van der Waals surface area contributed by atoms with Crippen molar-refractivity contribution in [2.75, 3.05) is 6.54 Å². The zero-order valence-corrected chi connectivity index (χ0v) is 9.74. The van der Waals surface area contributed by atoms with Gasteiger partial charge in [-0.2, -0.15) is 0 Å². The fraction of sp³-hybridized carbons (Fsp3) is 0.636. The van der Waals surface area contributed by atoms with E-state index >= 15 is 0 Å². The van der Waals surface area contributed by atoms with E-state index in [2.05, 4.69) is 21.8 Å². The molecule has 82 valence electrons. The quantitative estimate of drug-likeness (QED) is 0.725. The summed E-state index contributed by atoms with van der Waals surface area (Å²) in [5.41, 5.74) is 1.02. The van der Waals surface area contributed by atoms with Gasteiger partial charge in [-0.3, -0.25) is 4.90 Å². The van der Waals surface area contributed by atoms with Crippen molar-refractivity contribution in [1.29, 1.82) is 0 Å². The van der Waals surface area contributed by atoms with Crippen LogP contribution in [-0.2, 0) is 6.54 Å². The number of hydrogen-bond donors (Lipinski definition) is 0. The minimum Gasteiger partial charge on any atom is -0.295 e. The highest BCUT2D eigenvalue weighted by Crippen LogP contribution is 2.18. The van der Waals surface area contributed by atoms with Crippen molar-refractivity contribution < 1.29 is 0 Å². The molecule has 1 fully saturated rings. The summed E-state index contributed by atoms with van der Waals surface area (Å²) >= 11 is 5.76. The fourth-order valence-corrected chi connectivity index (χ4v) is 2.22. The molecule has 0 N–H and O–H groups in total. The maximum Gasteiger partial charge on any atom is 0.222 e. The third-order valence-corrected chi connectivity index (χ3v) is 3.17. The molecule has 1 aliphatic rings. The molecule has 0 saturated carbocycles. The maximum absolute atomic E-state index is 5.76. The van der Waals surface area contributed by atoms with E-state index in [0.29, 0.717) is 11.3 Å². The summed E-state index contributed by atoms with van der Waals surface area (Å²) in [7, 11) is 0. The van der Waals surface area contributed by atoms with Crippen molar-refractivity contribution in [3.05, 3.63) is 23.2 Å². The number of likely N-dealkylation sites (tertiary alicyclic amines) is 1. The highest BCUT2D eigenvalue weighted by Gasteiger charge is 2.18. The van der Waals surface area contributed by atoms with E-state index < -0.39 is 0 Å². The van der Waals surface area contributed by atoms with Crippen LogP contribution in [0.3, 0.4) is 0 Å². The monoisotopic (exact) mass is 225 g/mol. The largest absolute Gasteiger partial charge is 0.295 e. The summed E-state index contributed by atoms with van der Waals surface area (Å²) < 4.78 is 0. The van der Waals surface area contributed by atoms with Crippen LogP contribution in [0.25, 0.3) is 0 Å². The number of aromatic nitrogens is 2. The van der Waals surface area contributed by atoms with Gasteiger partial charge in [0.05, 0.1) is 5.69 Å². The molecule has 1 aromatic heterocycles. The molecule has 2 heterocycles. The summed E-state index contributed by atoms with van der Waals surface area (Å²) in [5, 5.41) is 0.345. The van der Waals surface area contributed by atoms with Crippen LogP contribution in [0.1, 0.15) is 31.9 Å². The first-order valence-electron chi connectivity index (χ1n) is 5.47. The van der Waals surface area contributed by atoms with Gasteiger partial charge in [-0.05, 0) is 44.0 Å².